The molecule has 0 fully saturated rings. The van der Waals surface area contributed by atoms with Gasteiger partial charge in [-0.15, -0.1) is 0 Å². The van der Waals surface area contributed by atoms with Crippen LogP contribution in [0.15, 0.2) is 36.9 Å². The van der Waals surface area contributed by atoms with Crippen LogP contribution >= 0.6 is 0 Å². The molecule has 8 heteroatoms. The minimum absolute atomic E-state index is 0.105. The van der Waals surface area contributed by atoms with E-state index in [0.717, 1.165) is 19.0 Å². The molecule has 0 bridgehead atoms. The van der Waals surface area contributed by atoms with Crippen molar-refractivity contribution in [1.82, 2.24) is 9.55 Å². The van der Waals surface area contributed by atoms with E-state index in [1.54, 1.807) is 12.5 Å². The summed E-state index contributed by atoms with van der Waals surface area (Å²) in [6.45, 7) is 1.30. The molecule has 110 valence electrons. The lowest BCUT2D eigenvalue weighted by Gasteiger charge is -2.09. The molecule has 2 aromatic rings. The lowest BCUT2D eigenvalue weighted by Crippen LogP contribution is -2.10. The van der Waals surface area contributed by atoms with Crippen molar-refractivity contribution in [3.8, 4) is 0 Å². The fourth-order valence-corrected chi connectivity index (χ4v) is 1.88. The second-order valence-corrected chi connectivity index (χ2v) is 4.37. The van der Waals surface area contributed by atoms with Gasteiger partial charge in [-0.25, -0.2) is 9.78 Å². The number of aryl methyl sites for hydroxylation is 1. The zero-order chi connectivity index (χ0) is 15.2. The van der Waals surface area contributed by atoms with Gasteiger partial charge in [-0.3, -0.25) is 10.1 Å². The summed E-state index contributed by atoms with van der Waals surface area (Å²) in [5.74, 6) is -1.20. The van der Waals surface area contributed by atoms with Crippen LogP contribution in [0.4, 0.5) is 11.4 Å². The summed E-state index contributed by atoms with van der Waals surface area (Å²) < 4.78 is 1.91. The molecule has 0 aliphatic heterocycles. The van der Waals surface area contributed by atoms with Gasteiger partial charge in [-0.05, 0) is 12.5 Å². The number of aromatic nitrogens is 2. The molecule has 0 aliphatic rings. The number of carboxylic acids is 1. The molecule has 2 N–H and O–H groups in total. The number of nitro benzene ring substituents is 1. The molecule has 21 heavy (non-hydrogen) atoms. The van der Waals surface area contributed by atoms with E-state index in [-0.39, 0.29) is 11.3 Å². The fraction of sp³-hybridized carbons (Fsp3) is 0.231. The topological polar surface area (TPSA) is 110 Å². The maximum absolute atomic E-state index is 11.1. The summed E-state index contributed by atoms with van der Waals surface area (Å²) >= 11 is 0. The Hall–Kier alpha value is -2.90. The molecule has 0 aliphatic carbocycles. The van der Waals surface area contributed by atoms with E-state index < -0.39 is 10.9 Å². The van der Waals surface area contributed by atoms with Crippen LogP contribution in [0.1, 0.15) is 16.8 Å². The van der Waals surface area contributed by atoms with Crippen LogP contribution in [0.25, 0.3) is 0 Å². The number of imidazole rings is 1. The predicted molar refractivity (Wildman–Crippen MR) is 75.4 cm³/mol. The van der Waals surface area contributed by atoms with Crippen LogP contribution in [0.2, 0.25) is 0 Å². The van der Waals surface area contributed by atoms with Crippen molar-refractivity contribution >= 4 is 17.3 Å². The van der Waals surface area contributed by atoms with Crippen molar-refractivity contribution in [3.63, 3.8) is 0 Å². The first kappa shape index (κ1) is 14.5. The number of aromatic carboxylic acids is 1. The second-order valence-electron chi connectivity index (χ2n) is 4.37. The average Bonchev–Trinajstić information content (AvgIpc) is 2.96. The monoisotopic (exact) mass is 290 g/mol. The highest BCUT2D eigenvalue weighted by Crippen LogP contribution is 2.22. The number of rotatable bonds is 7. The van der Waals surface area contributed by atoms with E-state index in [2.05, 4.69) is 10.3 Å². The Kier molecular flexibility index (Phi) is 4.50. The SMILES string of the molecule is O=C(O)c1cc([N+](=O)[O-])ccc1NCCCn1ccnc1. The Balaban J connectivity index is 1.98. The predicted octanol–water partition coefficient (Wildman–Crippen LogP) is 1.99. The molecule has 0 spiro atoms. The van der Waals surface area contributed by atoms with Crippen molar-refractivity contribution < 1.29 is 14.8 Å². The Morgan fingerprint density at radius 1 is 1.48 bits per heavy atom. The van der Waals surface area contributed by atoms with E-state index in [0.29, 0.717) is 12.2 Å². The first-order chi connectivity index (χ1) is 10.1. The first-order valence-corrected chi connectivity index (χ1v) is 6.29. The number of nitro groups is 1. The average molecular weight is 290 g/mol. The zero-order valence-electron chi connectivity index (χ0n) is 11.1. The molecule has 0 saturated carbocycles. The molecule has 2 rings (SSSR count). The van der Waals surface area contributed by atoms with Gasteiger partial charge in [-0.2, -0.15) is 0 Å². The normalized spacial score (nSPS) is 10.3. The molecule has 0 atom stereocenters. The molecule has 0 saturated heterocycles. The van der Waals surface area contributed by atoms with Crippen LogP contribution in [0.3, 0.4) is 0 Å². The summed E-state index contributed by atoms with van der Waals surface area (Å²) in [6, 6.07) is 3.75. The number of benzene rings is 1. The Labute approximate surface area is 120 Å². The van der Waals surface area contributed by atoms with E-state index in [9.17, 15) is 14.9 Å². The molecular weight excluding hydrogens is 276 g/mol. The maximum atomic E-state index is 11.1. The second kappa shape index (κ2) is 6.51. The molecule has 8 nitrogen and oxygen atoms in total. The van der Waals surface area contributed by atoms with E-state index >= 15 is 0 Å². The largest absolute Gasteiger partial charge is 0.478 e. The van der Waals surface area contributed by atoms with Crippen LogP contribution in [0, 0.1) is 10.1 Å². The summed E-state index contributed by atoms with van der Waals surface area (Å²) in [4.78, 5) is 25.1. The van der Waals surface area contributed by atoms with Gasteiger partial charge in [0.1, 0.15) is 0 Å². The van der Waals surface area contributed by atoms with Crippen molar-refractivity contribution in [2.75, 3.05) is 11.9 Å². The highest BCUT2D eigenvalue weighted by molar-refractivity contribution is 5.95. The Bertz CT molecular complexity index is 640. The van der Waals surface area contributed by atoms with Gasteiger partial charge in [0.2, 0.25) is 0 Å². The van der Waals surface area contributed by atoms with Gasteiger partial charge in [0.25, 0.3) is 5.69 Å². The van der Waals surface area contributed by atoms with Gasteiger partial charge in [0, 0.05) is 43.3 Å². The lowest BCUT2D eigenvalue weighted by molar-refractivity contribution is -0.384. The lowest BCUT2D eigenvalue weighted by atomic mass is 10.1. The smallest absolute Gasteiger partial charge is 0.338 e. The van der Waals surface area contributed by atoms with Crippen molar-refractivity contribution in [3.05, 3.63) is 52.6 Å². The van der Waals surface area contributed by atoms with E-state index in [1.807, 2.05) is 10.8 Å². The third-order valence-electron chi connectivity index (χ3n) is 2.91. The van der Waals surface area contributed by atoms with Gasteiger partial charge in [0.15, 0.2) is 0 Å². The summed E-state index contributed by atoms with van der Waals surface area (Å²) in [6.07, 6.45) is 6.00. The number of carbonyl (C=O) groups is 1. The standard InChI is InChI=1S/C13H14N4O4/c18-13(19)11-8-10(17(20)21)2-3-12(11)15-4-1-6-16-7-5-14-9-16/h2-3,5,7-9,15H,1,4,6H2,(H,18,19). The maximum Gasteiger partial charge on any atom is 0.338 e. The van der Waals surface area contributed by atoms with Crippen molar-refractivity contribution in [2.45, 2.75) is 13.0 Å². The number of hydrogen-bond acceptors (Lipinski definition) is 5. The Morgan fingerprint density at radius 3 is 2.90 bits per heavy atom. The quantitative estimate of drug-likeness (QED) is 0.458. The minimum atomic E-state index is -1.20. The van der Waals surface area contributed by atoms with Crippen LogP contribution in [-0.2, 0) is 6.54 Å². The number of hydrogen-bond donors (Lipinski definition) is 2. The molecular formula is C13H14N4O4. The third-order valence-corrected chi connectivity index (χ3v) is 2.91. The fourth-order valence-electron chi connectivity index (χ4n) is 1.88. The molecule has 1 heterocycles. The van der Waals surface area contributed by atoms with Crippen molar-refractivity contribution in [1.29, 1.82) is 0 Å². The van der Waals surface area contributed by atoms with Gasteiger partial charge < -0.3 is 15.0 Å². The third kappa shape index (κ3) is 3.78. The summed E-state index contributed by atoms with van der Waals surface area (Å²) in [5, 5.41) is 22.8. The van der Waals surface area contributed by atoms with Crippen LogP contribution in [0.5, 0.6) is 0 Å². The number of anilines is 1. The first-order valence-electron chi connectivity index (χ1n) is 6.29. The van der Waals surface area contributed by atoms with E-state index in [1.165, 1.54) is 12.1 Å². The molecule has 0 unspecified atom stereocenters. The molecule has 0 radical (unpaired) electrons. The number of nitrogens with one attached hydrogen (secondary N) is 1. The molecule has 1 aromatic heterocycles. The molecule has 1 aromatic carbocycles. The summed E-state index contributed by atoms with van der Waals surface area (Å²) in [7, 11) is 0. The molecule has 0 amide bonds. The van der Waals surface area contributed by atoms with Gasteiger partial charge in [-0.1, -0.05) is 0 Å². The van der Waals surface area contributed by atoms with Crippen molar-refractivity contribution in [2.24, 2.45) is 0 Å². The zero-order valence-corrected chi connectivity index (χ0v) is 11.1. The highest BCUT2D eigenvalue weighted by atomic mass is 16.6. The minimum Gasteiger partial charge on any atom is -0.478 e. The number of nitrogens with zero attached hydrogens (tertiary/aromatic N) is 3. The van der Waals surface area contributed by atoms with Crippen LogP contribution < -0.4 is 5.32 Å². The number of carboxylic acid groups (broad SMARTS) is 1. The Morgan fingerprint density at radius 2 is 2.29 bits per heavy atom. The summed E-state index contributed by atoms with van der Waals surface area (Å²) in [5.41, 5.74) is 0.0296. The van der Waals surface area contributed by atoms with Gasteiger partial charge >= 0.3 is 5.97 Å². The van der Waals surface area contributed by atoms with Gasteiger partial charge in [0.05, 0.1) is 16.8 Å². The van der Waals surface area contributed by atoms with E-state index in [4.69, 9.17) is 5.11 Å². The number of non-ortho nitro benzene ring substituents is 1. The highest BCUT2D eigenvalue weighted by Gasteiger charge is 2.15. The van der Waals surface area contributed by atoms with Crippen LogP contribution in [-0.4, -0.2) is 32.1 Å².